The molecule has 0 unspecified atom stereocenters. The zero-order chi connectivity index (χ0) is 9.90. The second kappa shape index (κ2) is 4.26. The summed E-state index contributed by atoms with van der Waals surface area (Å²) in [6.45, 7) is 0. The Hall–Kier alpha value is -0.320. The Balaban J connectivity index is 2.41. The van der Waals surface area contributed by atoms with E-state index < -0.39 is 18.3 Å². The van der Waals surface area contributed by atoms with Gasteiger partial charge in [-0.15, -0.1) is 0 Å². The van der Waals surface area contributed by atoms with Crippen LogP contribution in [0.25, 0.3) is 0 Å². The molecule has 0 amide bonds. The number of aliphatic carboxylic acids is 1. The number of hydrogen-bond donors (Lipinski definition) is 1. The summed E-state index contributed by atoms with van der Waals surface area (Å²) in [5.74, 6) is -3.90. The van der Waals surface area contributed by atoms with Crippen molar-refractivity contribution >= 4 is 17.7 Å². The fourth-order valence-electron chi connectivity index (χ4n) is 1.40. The van der Waals surface area contributed by atoms with Crippen molar-refractivity contribution in [1.82, 2.24) is 0 Å². The van der Waals surface area contributed by atoms with E-state index in [-0.39, 0.29) is 5.92 Å². The lowest BCUT2D eigenvalue weighted by atomic mass is 9.95. The summed E-state index contributed by atoms with van der Waals surface area (Å²) in [6.07, 6.45) is 0.934. The molecule has 0 atom stereocenters. The van der Waals surface area contributed by atoms with Gasteiger partial charge in [-0.25, -0.2) is 4.79 Å². The first kappa shape index (κ1) is 10.8. The van der Waals surface area contributed by atoms with Crippen LogP contribution in [0.1, 0.15) is 19.3 Å². The molecule has 1 saturated heterocycles. The molecule has 5 heteroatoms. The van der Waals surface area contributed by atoms with Crippen molar-refractivity contribution < 1.29 is 18.7 Å². The van der Waals surface area contributed by atoms with Gasteiger partial charge in [-0.3, -0.25) is 0 Å². The predicted octanol–water partition coefficient (Wildman–Crippen LogP) is 2.24. The van der Waals surface area contributed by atoms with Crippen LogP contribution in [0, 0.1) is 5.92 Å². The smallest absolute Gasteiger partial charge is 0.374 e. The van der Waals surface area contributed by atoms with E-state index in [1.165, 1.54) is 0 Å². The summed E-state index contributed by atoms with van der Waals surface area (Å²) < 4.78 is 25.4. The van der Waals surface area contributed by atoms with Crippen LogP contribution in [0.2, 0.25) is 0 Å². The minimum absolute atomic E-state index is 0.118. The van der Waals surface area contributed by atoms with E-state index in [2.05, 4.69) is 0 Å². The molecule has 2 nitrogen and oxygen atoms in total. The van der Waals surface area contributed by atoms with E-state index in [1.54, 1.807) is 11.8 Å². The number of halogens is 2. The molecule has 1 rings (SSSR count). The second-order valence-electron chi connectivity index (χ2n) is 3.27. The number of carboxylic acid groups (broad SMARTS) is 1. The Morgan fingerprint density at radius 3 is 2.46 bits per heavy atom. The number of carboxylic acids is 1. The number of alkyl halides is 2. The third-order valence-electron chi connectivity index (χ3n) is 2.20. The first-order valence-electron chi connectivity index (χ1n) is 4.21. The van der Waals surface area contributed by atoms with Gasteiger partial charge in [0, 0.05) is 6.42 Å². The average molecular weight is 210 g/mol. The summed E-state index contributed by atoms with van der Waals surface area (Å²) in [4.78, 5) is 10.1. The van der Waals surface area contributed by atoms with E-state index in [4.69, 9.17) is 5.11 Å². The van der Waals surface area contributed by atoms with Crippen LogP contribution in [0.4, 0.5) is 8.78 Å². The Morgan fingerprint density at radius 2 is 2.00 bits per heavy atom. The van der Waals surface area contributed by atoms with Crippen molar-refractivity contribution in [1.29, 1.82) is 0 Å². The summed E-state index contributed by atoms with van der Waals surface area (Å²) in [5.41, 5.74) is 0. The van der Waals surface area contributed by atoms with Gasteiger partial charge in [-0.2, -0.15) is 20.5 Å². The maximum absolute atomic E-state index is 12.7. The molecule has 1 fully saturated rings. The van der Waals surface area contributed by atoms with Crippen LogP contribution < -0.4 is 0 Å². The summed E-state index contributed by atoms with van der Waals surface area (Å²) in [7, 11) is 0. The number of carbonyl (C=O) groups is 1. The minimum atomic E-state index is -3.54. The first-order chi connectivity index (χ1) is 6.02. The quantitative estimate of drug-likeness (QED) is 0.776. The largest absolute Gasteiger partial charge is 0.477 e. The molecule has 0 radical (unpaired) electrons. The van der Waals surface area contributed by atoms with Crippen LogP contribution in [-0.2, 0) is 4.79 Å². The number of hydrogen-bond acceptors (Lipinski definition) is 2. The molecule has 0 spiro atoms. The van der Waals surface area contributed by atoms with Gasteiger partial charge in [0.15, 0.2) is 0 Å². The fraction of sp³-hybridized carbons (Fsp3) is 0.875. The average Bonchev–Trinajstić information content (AvgIpc) is 2.05. The Bertz CT molecular complexity index is 191. The van der Waals surface area contributed by atoms with E-state index in [0.29, 0.717) is 12.8 Å². The van der Waals surface area contributed by atoms with Crippen LogP contribution in [-0.4, -0.2) is 28.5 Å². The molecule has 0 aliphatic carbocycles. The van der Waals surface area contributed by atoms with Crippen LogP contribution in [0.15, 0.2) is 0 Å². The highest BCUT2D eigenvalue weighted by molar-refractivity contribution is 7.99. The number of thioether (sulfide) groups is 1. The first-order valence-corrected chi connectivity index (χ1v) is 5.37. The third kappa shape index (κ3) is 3.14. The zero-order valence-corrected chi connectivity index (χ0v) is 7.95. The topological polar surface area (TPSA) is 37.3 Å². The maximum atomic E-state index is 12.7. The molecule has 0 aromatic rings. The number of rotatable bonds is 3. The highest BCUT2D eigenvalue weighted by Gasteiger charge is 2.41. The highest BCUT2D eigenvalue weighted by atomic mass is 32.2. The molecular weight excluding hydrogens is 198 g/mol. The molecule has 0 bridgehead atoms. The van der Waals surface area contributed by atoms with Gasteiger partial charge >= 0.3 is 11.9 Å². The minimum Gasteiger partial charge on any atom is -0.477 e. The maximum Gasteiger partial charge on any atom is 0.374 e. The van der Waals surface area contributed by atoms with Crippen molar-refractivity contribution in [2.45, 2.75) is 25.2 Å². The van der Waals surface area contributed by atoms with E-state index in [9.17, 15) is 13.6 Å². The summed E-state index contributed by atoms with van der Waals surface area (Å²) in [5, 5.41) is 8.22. The summed E-state index contributed by atoms with van der Waals surface area (Å²) >= 11 is 1.74. The normalized spacial score (nSPS) is 20.2. The van der Waals surface area contributed by atoms with Gasteiger partial charge < -0.3 is 5.11 Å². The second-order valence-corrected chi connectivity index (χ2v) is 4.49. The molecule has 1 heterocycles. The third-order valence-corrected chi connectivity index (χ3v) is 3.25. The molecule has 0 saturated carbocycles. The lowest BCUT2D eigenvalue weighted by Crippen LogP contribution is -2.32. The summed E-state index contributed by atoms with van der Waals surface area (Å²) in [6, 6.07) is 0. The highest BCUT2D eigenvalue weighted by Crippen LogP contribution is 2.32. The van der Waals surface area contributed by atoms with Gasteiger partial charge in [-0.1, -0.05) is 0 Å². The van der Waals surface area contributed by atoms with Gasteiger partial charge in [0.1, 0.15) is 0 Å². The van der Waals surface area contributed by atoms with Gasteiger partial charge in [-0.05, 0) is 30.3 Å². The van der Waals surface area contributed by atoms with Crippen LogP contribution in [0.5, 0.6) is 0 Å². The Morgan fingerprint density at radius 1 is 1.46 bits per heavy atom. The fourth-order valence-corrected chi connectivity index (χ4v) is 2.60. The molecule has 1 aliphatic heterocycles. The van der Waals surface area contributed by atoms with E-state index in [1.807, 2.05) is 0 Å². The molecule has 1 aliphatic rings. The molecule has 1 N–H and O–H groups in total. The molecule has 0 aromatic heterocycles. The van der Waals surface area contributed by atoms with Crippen LogP contribution in [0.3, 0.4) is 0 Å². The van der Waals surface area contributed by atoms with Gasteiger partial charge in [0.2, 0.25) is 0 Å². The Labute approximate surface area is 79.7 Å². The molecule has 13 heavy (non-hydrogen) atoms. The molecule has 0 aromatic carbocycles. The monoisotopic (exact) mass is 210 g/mol. The standard InChI is InChI=1S/C8H12F2O2S/c9-8(10,7(11)12)5-6-1-3-13-4-2-6/h6H,1-5H2,(H,11,12). The Kier molecular flexibility index (Phi) is 3.53. The van der Waals surface area contributed by atoms with Gasteiger partial charge in [0.05, 0.1) is 0 Å². The van der Waals surface area contributed by atoms with Gasteiger partial charge in [0.25, 0.3) is 0 Å². The molecule has 76 valence electrons. The van der Waals surface area contributed by atoms with Crippen molar-refractivity contribution in [2.24, 2.45) is 5.92 Å². The van der Waals surface area contributed by atoms with E-state index in [0.717, 1.165) is 11.5 Å². The van der Waals surface area contributed by atoms with Crippen molar-refractivity contribution in [3.05, 3.63) is 0 Å². The van der Waals surface area contributed by atoms with Crippen molar-refractivity contribution in [3.8, 4) is 0 Å². The predicted molar refractivity (Wildman–Crippen MR) is 47.2 cm³/mol. The molecular formula is C8H12F2O2S. The SMILES string of the molecule is O=C(O)C(F)(F)CC1CCSCC1. The van der Waals surface area contributed by atoms with E-state index >= 15 is 0 Å². The van der Waals surface area contributed by atoms with Crippen molar-refractivity contribution in [3.63, 3.8) is 0 Å². The van der Waals surface area contributed by atoms with Crippen molar-refractivity contribution in [2.75, 3.05) is 11.5 Å². The lowest BCUT2D eigenvalue weighted by Gasteiger charge is -2.23. The van der Waals surface area contributed by atoms with Crippen LogP contribution >= 0.6 is 11.8 Å². The zero-order valence-electron chi connectivity index (χ0n) is 7.13. The lowest BCUT2D eigenvalue weighted by molar-refractivity contribution is -0.167.